The van der Waals surface area contributed by atoms with Crippen molar-refractivity contribution >= 4 is 63.2 Å². The normalized spacial score (nSPS) is 10.8. The van der Waals surface area contributed by atoms with E-state index in [9.17, 15) is 4.79 Å². The number of amides is 1. The maximum Gasteiger partial charge on any atom is 0.257 e. The van der Waals surface area contributed by atoms with Gasteiger partial charge in [0.05, 0.1) is 5.02 Å². The van der Waals surface area contributed by atoms with Crippen molar-refractivity contribution in [2.75, 3.05) is 5.32 Å². The Balaban J connectivity index is 1.51. The summed E-state index contributed by atoms with van der Waals surface area (Å²) in [6, 6.07) is 16.2. The highest BCUT2D eigenvalue weighted by molar-refractivity contribution is 7.80. The highest BCUT2D eigenvalue weighted by Gasteiger charge is 2.14. The molecule has 0 saturated carbocycles. The molecule has 1 aromatic heterocycles. The number of aromatic nitrogens is 1. The van der Waals surface area contributed by atoms with Gasteiger partial charge in [-0.15, -0.1) is 0 Å². The Morgan fingerprint density at radius 2 is 1.87 bits per heavy atom. The summed E-state index contributed by atoms with van der Waals surface area (Å²) in [5, 5.41) is 6.80. The Morgan fingerprint density at radius 3 is 2.65 bits per heavy atom. The molecular weight excluding hydrogens is 453 g/mol. The number of hydrogen-bond acceptors (Lipinski definition) is 4. The summed E-state index contributed by atoms with van der Waals surface area (Å²) in [6.45, 7) is 3.87. The molecular formula is C23H17Cl2N3O2S. The fourth-order valence-electron chi connectivity index (χ4n) is 3.21. The first-order valence-electron chi connectivity index (χ1n) is 9.36. The molecule has 0 unspecified atom stereocenters. The predicted octanol–water partition coefficient (Wildman–Crippen LogP) is 6.55. The molecule has 0 fully saturated rings. The summed E-state index contributed by atoms with van der Waals surface area (Å²) in [7, 11) is 0. The van der Waals surface area contributed by atoms with Crippen LogP contribution in [0.2, 0.25) is 10.0 Å². The van der Waals surface area contributed by atoms with Crippen molar-refractivity contribution in [1.29, 1.82) is 0 Å². The van der Waals surface area contributed by atoms with E-state index in [0.29, 0.717) is 38.3 Å². The van der Waals surface area contributed by atoms with Crippen molar-refractivity contribution in [1.82, 2.24) is 10.3 Å². The van der Waals surface area contributed by atoms with Gasteiger partial charge in [0.25, 0.3) is 5.91 Å². The summed E-state index contributed by atoms with van der Waals surface area (Å²) in [5.74, 6) is 0.129. The Morgan fingerprint density at radius 1 is 1.06 bits per heavy atom. The number of hydrogen-bond donors (Lipinski definition) is 2. The van der Waals surface area contributed by atoms with Crippen LogP contribution in [-0.2, 0) is 0 Å². The molecule has 1 amide bonds. The van der Waals surface area contributed by atoms with Crippen molar-refractivity contribution in [2.24, 2.45) is 0 Å². The van der Waals surface area contributed by atoms with E-state index in [1.165, 1.54) is 0 Å². The summed E-state index contributed by atoms with van der Waals surface area (Å²) < 4.78 is 5.81. The summed E-state index contributed by atoms with van der Waals surface area (Å²) in [5.41, 5.74) is 4.99. The van der Waals surface area contributed by atoms with Crippen molar-refractivity contribution in [3.63, 3.8) is 0 Å². The van der Waals surface area contributed by atoms with E-state index in [1.807, 2.05) is 50.2 Å². The number of nitrogens with one attached hydrogen (secondary N) is 2. The number of carbonyl (C=O) groups is 1. The van der Waals surface area contributed by atoms with Crippen molar-refractivity contribution in [2.45, 2.75) is 13.8 Å². The van der Waals surface area contributed by atoms with Crippen LogP contribution in [0.15, 0.2) is 59.0 Å². The second-order valence-corrected chi connectivity index (χ2v) is 8.31. The van der Waals surface area contributed by atoms with Gasteiger partial charge in [-0.25, -0.2) is 4.98 Å². The summed E-state index contributed by atoms with van der Waals surface area (Å²) in [6.07, 6.45) is 0. The quantitative estimate of drug-likeness (QED) is 0.333. The maximum atomic E-state index is 12.5. The molecule has 1 heterocycles. The van der Waals surface area contributed by atoms with E-state index in [1.54, 1.807) is 18.2 Å². The van der Waals surface area contributed by atoms with E-state index in [4.69, 9.17) is 39.8 Å². The molecule has 0 saturated heterocycles. The molecule has 3 aromatic carbocycles. The zero-order chi connectivity index (χ0) is 22.1. The molecule has 8 heteroatoms. The molecule has 0 aliphatic carbocycles. The number of oxazole rings is 1. The standard InChI is InChI=1S/C23H17Cl2N3O2S/c1-12-6-7-17(13(2)8-12)21(29)28-23(31)26-16-5-3-4-14(9-16)22-27-19-11-15(24)10-18(25)20(19)30-22/h3-11H,1-2H3,(H2,26,28,29,31). The van der Waals surface area contributed by atoms with E-state index >= 15 is 0 Å². The SMILES string of the molecule is Cc1ccc(C(=O)NC(=S)Nc2cccc(-c3nc4cc(Cl)cc(Cl)c4o3)c2)c(C)c1. The third kappa shape index (κ3) is 4.71. The lowest BCUT2D eigenvalue weighted by atomic mass is 10.1. The minimum absolute atomic E-state index is 0.189. The average molecular weight is 470 g/mol. The molecule has 156 valence electrons. The van der Waals surface area contributed by atoms with Gasteiger partial charge in [-0.1, -0.05) is 47.0 Å². The number of anilines is 1. The van der Waals surface area contributed by atoms with Crippen LogP contribution < -0.4 is 10.6 Å². The highest BCUT2D eigenvalue weighted by Crippen LogP contribution is 2.32. The number of aryl methyl sites for hydroxylation is 2. The molecule has 2 N–H and O–H groups in total. The van der Waals surface area contributed by atoms with Gasteiger partial charge in [0, 0.05) is 21.8 Å². The van der Waals surface area contributed by atoms with E-state index in [0.717, 1.165) is 16.7 Å². The van der Waals surface area contributed by atoms with Crippen LogP contribution in [0, 0.1) is 13.8 Å². The van der Waals surface area contributed by atoms with Crippen LogP contribution in [0.4, 0.5) is 5.69 Å². The van der Waals surface area contributed by atoms with Crippen LogP contribution in [0.5, 0.6) is 0 Å². The fourth-order valence-corrected chi connectivity index (χ4v) is 3.95. The lowest BCUT2D eigenvalue weighted by Crippen LogP contribution is -2.34. The van der Waals surface area contributed by atoms with Gasteiger partial charge < -0.3 is 9.73 Å². The number of nitrogens with zero attached hydrogens (tertiary/aromatic N) is 1. The van der Waals surface area contributed by atoms with E-state index in [2.05, 4.69) is 15.6 Å². The first kappa shape index (κ1) is 21.3. The van der Waals surface area contributed by atoms with Gasteiger partial charge in [0.15, 0.2) is 10.7 Å². The number of carbonyl (C=O) groups excluding carboxylic acids is 1. The number of rotatable bonds is 3. The molecule has 0 spiro atoms. The molecule has 0 aliphatic rings. The van der Waals surface area contributed by atoms with Crippen LogP contribution in [0.1, 0.15) is 21.5 Å². The number of halogens is 2. The Hall–Kier alpha value is -2.93. The minimum atomic E-state index is -0.267. The van der Waals surface area contributed by atoms with Gasteiger partial charge in [-0.2, -0.15) is 0 Å². The van der Waals surface area contributed by atoms with E-state index in [-0.39, 0.29) is 11.0 Å². The van der Waals surface area contributed by atoms with Crippen molar-refractivity contribution < 1.29 is 9.21 Å². The first-order valence-corrected chi connectivity index (χ1v) is 10.5. The van der Waals surface area contributed by atoms with Gasteiger partial charge >= 0.3 is 0 Å². The number of thiocarbonyl (C=S) groups is 1. The summed E-state index contributed by atoms with van der Waals surface area (Å²) in [4.78, 5) is 17.0. The fraction of sp³-hybridized carbons (Fsp3) is 0.0870. The molecule has 4 rings (SSSR count). The van der Waals surface area contributed by atoms with Crippen LogP contribution >= 0.6 is 35.4 Å². The van der Waals surface area contributed by atoms with Gasteiger partial charge in [-0.3, -0.25) is 10.1 Å². The second-order valence-electron chi connectivity index (χ2n) is 7.06. The van der Waals surface area contributed by atoms with Crippen molar-refractivity contribution in [3.8, 4) is 11.5 Å². The van der Waals surface area contributed by atoms with Crippen LogP contribution in [-0.4, -0.2) is 16.0 Å². The smallest absolute Gasteiger partial charge is 0.257 e. The van der Waals surface area contributed by atoms with Crippen LogP contribution in [0.3, 0.4) is 0 Å². The number of benzene rings is 3. The maximum absolute atomic E-state index is 12.5. The Labute approximate surface area is 194 Å². The predicted molar refractivity (Wildman–Crippen MR) is 129 cm³/mol. The highest BCUT2D eigenvalue weighted by atomic mass is 35.5. The monoisotopic (exact) mass is 469 g/mol. The topological polar surface area (TPSA) is 67.2 Å². The first-order chi connectivity index (χ1) is 14.8. The number of fused-ring (bicyclic) bond motifs is 1. The Kier molecular flexibility index (Phi) is 5.96. The third-order valence-electron chi connectivity index (χ3n) is 4.63. The molecule has 4 aromatic rings. The molecule has 5 nitrogen and oxygen atoms in total. The molecule has 0 radical (unpaired) electrons. The lowest BCUT2D eigenvalue weighted by molar-refractivity contribution is 0.0977. The van der Waals surface area contributed by atoms with E-state index < -0.39 is 0 Å². The zero-order valence-corrected chi connectivity index (χ0v) is 19.0. The van der Waals surface area contributed by atoms with Crippen LogP contribution in [0.25, 0.3) is 22.6 Å². The largest absolute Gasteiger partial charge is 0.435 e. The average Bonchev–Trinajstić information content (AvgIpc) is 3.12. The minimum Gasteiger partial charge on any atom is -0.435 e. The zero-order valence-electron chi connectivity index (χ0n) is 16.6. The van der Waals surface area contributed by atoms with Gasteiger partial charge in [0.2, 0.25) is 5.89 Å². The Bertz CT molecular complexity index is 1330. The molecule has 0 bridgehead atoms. The second kappa shape index (κ2) is 8.67. The van der Waals surface area contributed by atoms with Gasteiger partial charge in [0.1, 0.15) is 5.52 Å². The summed E-state index contributed by atoms with van der Waals surface area (Å²) >= 11 is 17.5. The lowest BCUT2D eigenvalue weighted by Gasteiger charge is -2.11. The third-order valence-corrected chi connectivity index (χ3v) is 5.33. The molecule has 0 aliphatic heterocycles. The molecule has 0 atom stereocenters. The van der Waals surface area contributed by atoms with Crippen molar-refractivity contribution in [3.05, 3.63) is 81.3 Å². The molecule has 31 heavy (non-hydrogen) atoms. The van der Waals surface area contributed by atoms with Gasteiger partial charge in [-0.05, 0) is 68.0 Å².